The summed E-state index contributed by atoms with van der Waals surface area (Å²) in [4.78, 5) is 25.6. The summed E-state index contributed by atoms with van der Waals surface area (Å²) in [5.74, 6) is -0.876. The van der Waals surface area contributed by atoms with Crippen molar-refractivity contribution in [2.75, 3.05) is 18.1 Å². The van der Waals surface area contributed by atoms with Crippen molar-refractivity contribution in [3.63, 3.8) is 0 Å². The number of amides is 2. The van der Waals surface area contributed by atoms with Crippen LogP contribution in [-0.4, -0.2) is 37.3 Å². The number of anilines is 1. The molecule has 3 rings (SSSR count). The molecule has 0 fully saturated rings. The Labute approximate surface area is 194 Å². The minimum absolute atomic E-state index is 0.0732. The molecular weight excluding hydrogens is 438 g/mol. The summed E-state index contributed by atoms with van der Waals surface area (Å²) >= 11 is 0. The maximum absolute atomic E-state index is 12.9. The van der Waals surface area contributed by atoms with Crippen molar-refractivity contribution in [1.82, 2.24) is 9.62 Å². The molecule has 1 atom stereocenters. The molecule has 0 unspecified atom stereocenters. The molecule has 0 spiro atoms. The van der Waals surface area contributed by atoms with Gasteiger partial charge >= 0.3 is 0 Å². The molecule has 0 saturated heterocycles. The second-order valence-electron chi connectivity index (χ2n) is 7.72. The summed E-state index contributed by atoms with van der Waals surface area (Å²) in [6.07, 6.45) is 1.07. The predicted molar refractivity (Wildman–Crippen MR) is 129 cm³/mol. The smallest absolute Gasteiger partial charge is 0.253 e. The van der Waals surface area contributed by atoms with Gasteiger partial charge in [-0.1, -0.05) is 72.8 Å². The van der Waals surface area contributed by atoms with Crippen molar-refractivity contribution in [3.05, 3.63) is 102 Å². The Morgan fingerprint density at radius 3 is 2.09 bits per heavy atom. The number of nitrogens with one attached hydrogen (secondary N) is 2. The molecule has 0 bridgehead atoms. The van der Waals surface area contributed by atoms with Crippen molar-refractivity contribution in [1.29, 1.82) is 0 Å². The van der Waals surface area contributed by atoms with E-state index >= 15 is 0 Å². The highest BCUT2D eigenvalue weighted by atomic mass is 32.2. The minimum atomic E-state index is -3.63. The van der Waals surface area contributed by atoms with Gasteiger partial charge < -0.3 is 10.6 Å². The fraction of sp³-hybridized carbons (Fsp3) is 0.200. The minimum Gasteiger partial charge on any atom is -0.345 e. The van der Waals surface area contributed by atoms with Gasteiger partial charge in [0.2, 0.25) is 15.9 Å². The average Bonchev–Trinajstić information content (AvgIpc) is 2.79. The Morgan fingerprint density at radius 2 is 1.45 bits per heavy atom. The molecule has 0 aliphatic rings. The van der Waals surface area contributed by atoms with Gasteiger partial charge in [-0.2, -0.15) is 4.31 Å². The van der Waals surface area contributed by atoms with Crippen molar-refractivity contribution in [2.45, 2.75) is 19.5 Å². The first-order valence-corrected chi connectivity index (χ1v) is 12.3. The quantitative estimate of drug-likeness (QED) is 0.505. The van der Waals surface area contributed by atoms with Crippen molar-refractivity contribution in [3.8, 4) is 0 Å². The number of carbonyl (C=O) groups is 2. The topological polar surface area (TPSA) is 95.6 Å². The van der Waals surface area contributed by atoms with E-state index in [0.29, 0.717) is 11.3 Å². The van der Waals surface area contributed by atoms with E-state index in [-0.39, 0.29) is 25.0 Å². The fourth-order valence-electron chi connectivity index (χ4n) is 3.32. The number of para-hydroxylation sites is 1. The van der Waals surface area contributed by atoms with Gasteiger partial charge in [-0.15, -0.1) is 0 Å². The lowest BCUT2D eigenvalue weighted by Crippen LogP contribution is -2.37. The highest BCUT2D eigenvalue weighted by Crippen LogP contribution is 2.18. The fourth-order valence-corrected chi connectivity index (χ4v) is 4.05. The Morgan fingerprint density at radius 1 is 0.879 bits per heavy atom. The number of rotatable bonds is 9. The summed E-state index contributed by atoms with van der Waals surface area (Å²) in [6, 6.07) is 25.0. The van der Waals surface area contributed by atoms with Crippen LogP contribution in [0.5, 0.6) is 0 Å². The third-order valence-corrected chi connectivity index (χ3v) is 6.28. The van der Waals surface area contributed by atoms with Gasteiger partial charge in [-0.3, -0.25) is 9.59 Å². The van der Waals surface area contributed by atoms with E-state index in [1.807, 2.05) is 43.3 Å². The molecule has 0 aromatic heterocycles. The van der Waals surface area contributed by atoms with Gasteiger partial charge in [0, 0.05) is 6.54 Å². The van der Waals surface area contributed by atoms with Gasteiger partial charge in [0.25, 0.3) is 5.91 Å². The lowest BCUT2D eigenvalue weighted by atomic mass is 10.1. The summed E-state index contributed by atoms with van der Waals surface area (Å²) in [7, 11) is -3.63. The molecule has 0 heterocycles. The number of sulfonamides is 1. The molecule has 0 aliphatic carbocycles. The SMILES string of the molecule is C[C@H](NC(=O)c1ccccc1NC(=O)CN(Cc1ccccc1)S(C)(=O)=O)c1ccccc1. The van der Waals surface area contributed by atoms with E-state index in [1.165, 1.54) is 0 Å². The Kier molecular flexibility index (Phi) is 7.97. The largest absolute Gasteiger partial charge is 0.345 e. The molecule has 8 heteroatoms. The molecule has 7 nitrogen and oxygen atoms in total. The zero-order valence-corrected chi connectivity index (χ0v) is 19.4. The summed E-state index contributed by atoms with van der Waals surface area (Å²) < 4.78 is 25.6. The number of hydrogen-bond donors (Lipinski definition) is 2. The third-order valence-electron chi connectivity index (χ3n) is 5.08. The molecule has 0 saturated carbocycles. The Hall–Kier alpha value is -3.49. The van der Waals surface area contributed by atoms with E-state index in [2.05, 4.69) is 10.6 Å². The van der Waals surface area contributed by atoms with Crippen LogP contribution in [0, 0.1) is 0 Å². The molecule has 3 aromatic carbocycles. The maximum Gasteiger partial charge on any atom is 0.253 e. The van der Waals surface area contributed by atoms with Crippen LogP contribution in [-0.2, 0) is 21.4 Å². The van der Waals surface area contributed by atoms with E-state index in [1.54, 1.807) is 48.5 Å². The number of benzene rings is 3. The monoisotopic (exact) mass is 465 g/mol. The van der Waals surface area contributed by atoms with E-state index in [9.17, 15) is 18.0 Å². The first-order chi connectivity index (χ1) is 15.7. The Balaban J connectivity index is 1.71. The lowest BCUT2D eigenvalue weighted by Gasteiger charge is -2.20. The molecule has 172 valence electrons. The van der Waals surface area contributed by atoms with Gasteiger partial charge in [0.05, 0.1) is 30.1 Å². The van der Waals surface area contributed by atoms with Crippen LogP contribution in [0.15, 0.2) is 84.9 Å². The first-order valence-electron chi connectivity index (χ1n) is 10.5. The standard InChI is InChI=1S/C25H27N3O4S/c1-19(21-13-7-4-8-14-21)26-25(30)22-15-9-10-16-23(22)27-24(29)18-28(33(2,31)32)17-20-11-5-3-6-12-20/h3-16,19H,17-18H2,1-2H3,(H,26,30)(H,27,29)/t19-/m0/s1. The summed E-state index contributed by atoms with van der Waals surface area (Å²) in [5, 5.41) is 5.61. The number of hydrogen-bond acceptors (Lipinski definition) is 4. The van der Waals surface area contributed by atoms with Gasteiger partial charge in [0.15, 0.2) is 0 Å². The molecular formula is C25H27N3O4S. The van der Waals surface area contributed by atoms with Gasteiger partial charge in [0.1, 0.15) is 0 Å². The van der Waals surface area contributed by atoms with Crippen LogP contribution in [0.25, 0.3) is 0 Å². The van der Waals surface area contributed by atoms with E-state index < -0.39 is 15.9 Å². The molecule has 33 heavy (non-hydrogen) atoms. The third kappa shape index (κ3) is 7.00. The van der Waals surface area contributed by atoms with Crippen LogP contribution < -0.4 is 10.6 Å². The zero-order chi connectivity index (χ0) is 23.8. The van der Waals surface area contributed by atoms with Crippen molar-refractivity contribution >= 4 is 27.5 Å². The maximum atomic E-state index is 12.9. The molecule has 2 N–H and O–H groups in total. The lowest BCUT2D eigenvalue weighted by molar-refractivity contribution is -0.116. The number of carbonyl (C=O) groups excluding carboxylic acids is 2. The van der Waals surface area contributed by atoms with E-state index in [0.717, 1.165) is 21.7 Å². The van der Waals surface area contributed by atoms with Crippen LogP contribution in [0.1, 0.15) is 34.5 Å². The second-order valence-corrected chi connectivity index (χ2v) is 9.70. The van der Waals surface area contributed by atoms with Gasteiger partial charge in [-0.05, 0) is 30.2 Å². The Bertz CT molecular complexity index is 1200. The zero-order valence-electron chi connectivity index (χ0n) is 18.6. The van der Waals surface area contributed by atoms with Crippen LogP contribution in [0.2, 0.25) is 0 Å². The van der Waals surface area contributed by atoms with Crippen LogP contribution in [0.4, 0.5) is 5.69 Å². The highest BCUT2D eigenvalue weighted by molar-refractivity contribution is 7.88. The normalized spacial score (nSPS) is 12.2. The number of nitrogens with zero attached hydrogens (tertiary/aromatic N) is 1. The molecule has 0 aliphatic heterocycles. The van der Waals surface area contributed by atoms with Crippen LogP contribution in [0.3, 0.4) is 0 Å². The average molecular weight is 466 g/mol. The molecule has 3 aromatic rings. The highest BCUT2D eigenvalue weighted by Gasteiger charge is 2.22. The van der Waals surface area contributed by atoms with Crippen LogP contribution >= 0.6 is 0 Å². The summed E-state index contributed by atoms with van der Waals surface area (Å²) in [5.41, 5.74) is 2.33. The van der Waals surface area contributed by atoms with Crippen molar-refractivity contribution in [2.24, 2.45) is 0 Å². The second kappa shape index (κ2) is 10.9. The molecule has 0 radical (unpaired) electrons. The van der Waals surface area contributed by atoms with Crippen molar-refractivity contribution < 1.29 is 18.0 Å². The van der Waals surface area contributed by atoms with E-state index in [4.69, 9.17) is 0 Å². The summed E-state index contributed by atoms with van der Waals surface area (Å²) in [6.45, 7) is 1.58. The van der Waals surface area contributed by atoms with Gasteiger partial charge in [-0.25, -0.2) is 8.42 Å². The predicted octanol–water partition coefficient (Wildman–Crippen LogP) is 3.58. The molecule has 2 amide bonds. The first kappa shape index (κ1) is 24.2.